The lowest BCUT2D eigenvalue weighted by Crippen LogP contribution is -2.20. The summed E-state index contributed by atoms with van der Waals surface area (Å²) < 4.78 is 26.2. The van der Waals surface area contributed by atoms with Gasteiger partial charge >= 0.3 is 0 Å². The molecule has 2 rings (SSSR count). The van der Waals surface area contributed by atoms with Crippen LogP contribution in [-0.2, 0) is 10.0 Å². The molecule has 0 saturated carbocycles. The molecule has 0 aliphatic rings. The predicted molar refractivity (Wildman–Crippen MR) is 86.6 cm³/mol. The molecule has 0 heterocycles. The van der Waals surface area contributed by atoms with Gasteiger partial charge in [0.15, 0.2) is 0 Å². The number of nitrogens with one attached hydrogen (secondary N) is 2. The fourth-order valence-corrected chi connectivity index (χ4v) is 3.06. The maximum atomic E-state index is 12.2. The summed E-state index contributed by atoms with van der Waals surface area (Å²) in [5.41, 5.74) is 2.56. The van der Waals surface area contributed by atoms with Crippen LogP contribution in [0.25, 0.3) is 0 Å². The van der Waals surface area contributed by atoms with Crippen molar-refractivity contribution in [1.29, 1.82) is 0 Å². The summed E-state index contributed by atoms with van der Waals surface area (Å²) in [5.74, 6) is -0.277. The van der Waals surface area contributed by atoms with Crippen LogP contribution in [0, 0.1) is 13.8 Å². The normalized spacial score (nSPS) is 11.2. The highest BCUT2D eigenvalue weighted by atomic mass is 32.2. The fourth-order valence-electron chi connectivity index (χ4n) is 2.07. The molecule has 0 aliphatic heterocycles. The molecular formula is C16H18N2O3S. The summed E-state index contributed by atoms with van der Waals surface area (Å²) in [7, 11) is -2.21. The number of aryl methyl sites for hydroxylation is 2. The van der Waals surface area contributed by atoms with E-state index >= 15 is 0 Å². The first-order valence-corrected chi connectivity index (χ1v) is 8.24. The number of anilines is 1. The lowest BCUT2D eigenvalue weighted by atomic mass is 10.1. The molecule has 0 fully saturated rings. The Bertz CT molecular complexity index is 814. The Morgan fingerprint density at radius 2 is 1.77 bits per heavy atom. The molecule has 22 heavy (non-hydrogen) atoms. The molecule has 0 atom stereocenters. The standard InChI is InChI=1S/C16H18N2O3S/c1-11-5-4-6-13(9-11)16(19)18-14-8-7-12(2)15(10-14)22(20,21)17-3/h4-10,17H,1-3H3,(H,18,19). The zero-order valence-electron chi connectivity index (χ0n) is 12.7. The van der Waals surface area contributed by atoms with Crippen LogP contribution in [0.2, 0.25) is 0 Å². The van der Waals surface area contributed by atoms with Crippen molar-refractivity contribution >= 4 is 21.6 Å². The Morgan fingerprint density at radius 3 is 2.41 bits per heavy atom. The predicted octanol–water partition coefficient (Wildman–Crippen LogP) is 2.46. The Hall–Kier alpha value is -2.18. The van der Waals surface area contributed by atoms with Crippen molar-refractivity contribution in [2.75, 3.05) is 12.4 Å². The van der Waals surface area contributed by atoms with Crippen LogP contribution in [0.4, 0.5) is 5.69 Å². The van der Waals surface area contributed by atoms with Gasteiger partial charge in [-0.2, -0.15) is 0 Å². The first kappa shape index (κ1) is 16.2. The van der Waals surface area contributed by atoms with Crippen molar-refractivity contribution in [2.24, 2.45) is 0 Å². The van der Waals surface area contributed by atoms with E-state index in [4.69, 9.17) is 0 Å². The molecular weight excluding hydrogens is 300 g/mol. The van der Waals surface area contributed by atoms with E-state index in [-0.39, 0.29) is 10.8 Å². The highest BCUT2D eigenvalue weighted by molar-refractivity contribution is 7.89. The number of hydrogen-bond donors (Lipinski definition) is 2. The Kier molecular flexibility index (Phi) is 4.63. The van der Waals surface area contributed by atoms with Gasteiger partial charge < -0.3 is 5.32 Å². The van der Waals surface area contributed by atoms with Gasteiger partial charge in [0.1, 0.15) is 0 Å². The summed E-state index contributed by atoms with van der Waals surface area (Å²) in [6, 6.07) is 12.0. The number of amides is 1. The molecule has 0 radical (unpaired) electrons. The topological polar surface area (TPSA) is 75.3 Å². The number of carbonyl (C=O) groups excluding carboxylic acids is 1. The van der Waals surface area contributed by atoms with E-state index in [2.05, 4.69) is 10.0 Å². The van der Waals surface area contributed by atoms with Crippen molar-refractivity contribution in [3.8, 4) is 0 Å². The minimum absolute atomic E-state index is 0.150. The van der Waals surface area contributed by atoms with Gasteiger partial charge in [0, 0.05) is 11.3 Å². The lowest BCUT2D eigenvalue weighted by molar-refractivity contribution is 0.102. The van der Waals surface area contributed by atoms with Gasteiger partial charge in [-0.3, -0.25) is 4.79 Å². The monoisotopic (exact) mass is 318 g/mol. The van der Waals surface area contributed by atoms with E-state index in [0.717, 1.165) is 5.56 Å². The highest BCUT2D eigenvalue weighted by Crippen LogP contribution is 2.20. The third kappa shape index (κ3) is 3.52. The summed E-state index contributed by atoms with van der Waals surface area (Å²) in [4.78, 5) is 12.4. The Labute approximate surface area is 130 Å². The first-order valence-electron chi connectivity index (χ1n) is 6.76. The maximum Gasteiger partial charge on any atom is 0.255 e. The molecule has 116 valence electrons. The van der Waals surface area contributed by atoms with Crippen LogP contribution in [-0.4, -0.2) is 21.4 Å². The number of hydrogen-bond acceptors (Lipinski definition) is 3. The van der Waals surface area contributed by atoms with Crippen molar-refractivity contribution in [1.82, 2.24) is 4.72 Å². The molecule has 0 aromatic heterocycles. The average molecular weight is 318 g/mol. The van der Waals surface area contributed by atoms with Gasteiger partial charge in [-0.05, 0) is 50.7 Å². The number of sulfonamides is 1. The van der Waals surface area contributed by atoms with Gasteiger partial charge in [-0.15, -0.1) is 0 Å². The van der Waals surface area contributed by atoms with Crippen molar-refractivity contribution in [2.45, 2.75) is 18.7 Å². The Balaban J connectivity index is 2.31. The molecule has 0 unspecified atom stereocenters. The van der Waals surface area contributed by atoms with E-state index in [1.54, 1.807) is 37.3 Å². The van der Waals surface area contributed by atoms with E-state index < -0.39 is 10.0 Å². The molecule has 2 aromatic rings. The van der Waals surface area contributed by atoms with E-state index in [1.807, 2.05) is 13.0 Å². The minimum atomic E-state index is -3.56. The van der Waals surface area contributed by atoms with Gasteiger partial charge in [-0.25, -0.2) is 13.1 Å². The molecule has 5 nitrogen and oxygen atoms in total. The zero-order chi connectivity index (χ0) is 16.3. The van der Waals surface area contributed by atoms with Crippen LogP contribution in [0.5, 0.6) is 0 Å². The molecule has 1 amide bonds. The largest absolute Gasteiger partial charge is 0.322 e. The zero-order valence-corrected chi connectivity index (χ0v) is 13.5. The second kappa shape index (κ2) is 6.29. The first-order chi connectivity index (χ1) is 10.3. The highest BCUT2D eigenvalue weighted by Gasteiger charge is 2.16. The van der Waals surface area contributed by atoms with Crippen molar-refractivity contribution in [3.63, 3.8) is 0 Å². The molecule has 0 aliphatic carbocycles. The molecule has 0 saturated heterocycles. The SMILES string of the molecule is CNS(=O)(=O)c1cc(NC(=O)c2cccc(C)c2)ccc1C. The van der Waals surface area contributed by atoms with Crippen LogP contribution >= 0.6 is 0 Å². The number of carbonyl (C=O) groups is 1. The second-order valence-electron chi connectivity index (χ2n) is 5.01. The quantitative estimate of drug-likeness (QED) is 0.909. The molecule has 6 heteroatoms. The van der Waals surface area contributed by atoms with Crippen molar-refractivity contribution < 1.29 is 13.2 Å². The fraction of sp³-hybridized carbons (Fsp3) is 0.188. The summed E-state index contributed by atoms with van der Waals surface area (Å²) in [6.45, 7) is 3.61. The van der Waals surface area contributed by atoms with E-state index in [0.29, 0.717) is 16.8 Å². The van der Waals surface area contributed by atoms with Gasteiger partial charge in [0.2, 0.25) is 10.0 Å². The molecule has 0 spiro atoms. The molecule has 2 aromatic carbocycles. The third-order valence-electron chi connectivity index (χ3n) is 3.28. The number of rotatable bonds is 4. The van der Waals surface area contributed by atoms with Crippen LogP contribution in [0.15, 0.2) is 47.4 Å². The van der Waals surface area contributed by atoms with Gasteiger partial charge in [0.25, 0.3) is 5.91 Å². The smallest absolute Gasteiger partial charge is 0.255 e. The number of benzene rings is 2. The van der Waals surface area contributed by atoms with Crippen LogP contribution in [0.3, 0.4) is 0 Å². The summed E-state index contributed by atoms with van der Waals surface area (Å²) >= 11 is 0. The average Bonchev–Trinajstić information content (AvgIpc) is 2.49. The van der Waals surface area contributed by atoms with Crippen molar-refractivity contribution in [3.05, 3.63) is 59.2 Å². The lowest BCUT2D eigenvalue weighted by Gasteiger charge is -2.10. The molecule has 0 bridgehead atoms. The van der Waals surface area contributed by atoms with Crippen LogP contribution in [0.1, 0.15) is 21.5 Å². The minimum Gasteiger partial charge on any atom is -0.322 e. The second-order valence-corrected chi connectivity index (χ2v) is 6.87. The maximum absolute atomic E-state index is 12.2. The van der Waals surface area contributed by atoms with E-state index in [9.17, 15) is 13.2 Å². The Morgan fingerprint density at radius 1 is 1.05 bits per heavy atom. The summed E-state index contributed by atoms with van der Waals surface area (Å²) in [6.07, 6.45) is 0. The van der Waals surface area contributed by atoms with E-state index in [1.165, 1.54) is 13.1 Å². The molecule has 2 N–H and O–H groups in total. The third-order valence-corrected chi connectivity index (χ3v) is 4.84. The van der Waals surface area contributed by atoms with Gasteiger partial charge in [0.05, 0.1) is 4.90 Å². The van der Waals surface area contributed by atoms with Crippen LogP contribution < -0.4 is 10.0 Å². The van der Waals surface area contributed by atoms with Gasteiger partial charge in [-0.1, -0.05) is 23.8 Å². The summed E-state index contributed by atoms with van der Waals surface area (Å²) in [5, 5.41) is 2.72.